The molecule has 1 aliphatic carbocycles. The highest BCUT2D eigenvalue weighted by molar-refractivity contribution is 5.80. The summed E-state index contributed by atoms with van der Waals surface area (Å²) in [7, 11) is 0. The Balaban J connectivity index is 1.67. The molecule has 0 saturated heterocycles. The normalized spacial score (nSPS) is 14.1. The Labute approximate surface area is 172 Å². The summed E-state index contributed by atoms with van der Waals surface area (Å²) >= 11 is 0. The summed E-state index contributed by atoms with van der Waals surface area (Å²) in [6, 6.07) is 9.54. The van der Waals surface area contributed by atoms with Gasteiger partial charge >= 0.3 is 0 Å². The maximum absolute atomic E-state index is 5.97. The molecule has 3 aromatic rings. The minimum Gasteiger partial charge on any atom is -0.472 e. The molecule has 0 spiro atoms. The molecule has 1 saturated carbocycles. The second-order valence-corrected chi connectivity index (χ2v) is 8.24. The van der Waals surface area contributed by atoms with Crippen molar-refractivity contribution in [1.82, 2.24) is 25.1 Å². The number of benzene rings is 1. The Kier molecular flexibility index (Phi) is 6.09. The molecular weight excluding hydrogens is 362 g/mol. The van der Waals surface area contributed by atoms with Crippen molar-refractivity contribution in [3.63, 3.8) is 0 Å². The standard InChI is InChI=1S/C23H31N5O/c1-4-5-9-21-26-20-14-25-27-23(29-16(2)3)22(20)28(21)15-18-8-6-7-17(12-18)13-24-19-10-11-19/h6-8,12,14,16,19,24H,4-5,9-11,13,15H2,1-3H3. The van der Waals surface area contributed by atoms with Gasteiger partial charge in [0.1, 0.15) is 16.9 Å². The highest BCUT2D eigenvalue weighted by atomic mass is 16.5. The van der Waals surface area contributed by atoms with Crippen LogP contribution < -0.4 is 10.1 Å². The van der Waals surface area contributed by atoms with Crippen molar-refractivity contribution in [2.24, 2.45) is 0 Å². The zero-order valence-corrected chi connectivity index (χ0v) is 17.7. The van der Waals surface area contributed by atoms with Crippen LogP contribution in [0.25, 0.3) is 11.0 Å². The molecule has 1 aliphatic rings. The van der Waals surface area contributed by atoms with Gasteiger partial charge in [0, 0.05) is 25.6 Å². The van der Waals surface area contributed by atoms with E-state index in [9.17, 15) is 0 Å². The van der Waals surface area contributed by atoms with E-state index in [0.29, 0.717) is 11.9 Å². The molecule has 2 heterocycles. The summed E-state index contributed by atoms with van der Waals surface area (Å²) < 4.78 is 8.24. The average molecular weight is 394 g/mol. The fourth-order valence-corrected chi connectivity index (χ4v) is 3.59. The first-order valence-electron chi connectivity index (χ1n) is 10.8. The molecular formula is C23H31N5O. The summed E-state index contributed by atoms with van der Waals surface area (Å²) in [5, 5.41) is 12.0. The third-order valence-electron chi connectivity index (χ3n) is 5.21. The molecule has 0 aliphatic heterocycles. The predicted octanol–water partition coefficient (Wildman–Crippen LogP) is 4.26. The van der Waals surface area contributed by atoms with Crippen LogP contribution in [0.5, 0.6) is 5.88 Å². The molecule has 1 aromatic carbocycles. The van der Waals surface area contributed by atoms with E-state index >= 15 is 0 Å². The zero-order valence-electron chi connectivity index (χ0n) is 17.7. The summed E-state index contributed by atoms with van der Waals surface area (Å²) in [4.78, 5) is 4.87. The monoisotopic (exact) mass is 393 g/mol. The summed E-state index contributed by atoms with van der Waals surface area (Å²) in [5.74, 6) is 1.64. The maximum Gasteiger partial charge on any atom is 0.260 e. The molecule has 154 valence electrons. The summed E-state index contributed by atoms with van der Waals surface area (Å²) in [6.45, 7) is 7.91. The van der Waals surface area contributed by atoms with Gasteiger partial charge in [-0.3, -0.25) is 0 Å². The Morgan fingerprint density at radius 2 is 2.07 bits per heavy atom. The van der Waals surface area contributed by atoms with E-state index in [2.05, 4.69) is 51.3 Å². The molecule has 29 heavy (non-hydrogen) atoms. The topological polar surface area (TPSA) is 64.9 Å². The molecule has 0 radical (unpaired) electrons. The first kappa shape index (κ1) is 19.8. The average Bonchev–Trinajstić information content (AvgIpc) is 3.47. The summed E-state index contributed by atoms with van der Waals surface area (Å²) in [5.41, 5.74) is 4.39. The number of aromatic nitrogens is 4. The Hall–Kier alpha value is -2.47. The second-order valence-electron chi connectivity index (χ2n) is 8.24. The first-order chi connectivity index (χ1) is 14.1. The van der Waals surface area contributed by atoms with Crippen LogP contribution in [0.2, 0.25) is 0 Å². The molecule has 4 rings (SSSR count). The van der Waals surface area contributed by atoms with Crippen LogP contribution in [-0.2, 0) is 19.5 Å². The van der Waals surface area contributed by atoms with E-state index in [1.54, 1.807) is 6.20 Å². The van der Waals surface area contributed by atoms with Crippen LogP contribution in [0.3, 0.4) is 0 Å². The molecule has 1 fully saturated rings. The number of imidazole rings is 1. The fraction of sp³-hybridized carbons (Fsp3) is 0.522. The Morgan fingerprint density at radius 3 is 2.83 bits per heavy atom. The van der Waals surface area contributed by atoms with E-state index in [-0.39, 0.29) is 6.10 Å². The number of nitrogens with one attached hydrogen (secondary N) is 1. The van der Waals surface area contributed by atoms with Crippen LogP contribution in [0.1, 0.15) is 63.4 Å². The van der Waals surface area contributed by atoms with Crippen molar-refractivity contribution in [2.45, 2.75) is 78.1 Å². The molecule has 1 N–H and O–H groups in total. The molecule has 0 bridgehead atoms. The van der Waals surface area contributed by atoms with Gasteiger partial charge in [-0.25, -0.2) is 4.98 Å². The number of unbranched alkanes of at least 4 members (excludes halogenated alkanes) is 1. The lowest BCUT2D eigenvalue weighted by Crippen LogP contribution is -2.15. The minimum atomic E-state index is 0.0363. The highest BCUT2D eigenvalue weighted by Crippen LogP contribution is 2.27. The molecule has 6 heteroatoms. The molecule has 6 nitrogen and oxygen atoms in total. The van der Waals surface area contributed by atoms with Gasteiger partial charge in [0.15, 0.2) is 0 Å². The van der Waals surface area contributed by atoms with Crippen LogP contribution in [0.15, 0.2) is 30.5 Å². The van der Waals surface area contributed by atoms with E-state index in [0.717, 1.165) is 49.2 Å². The molecule has 0 amide bonds. The maximum atomic E-state index is 5.97. The largest absolute Gasteiger partial charge is 0.472 e. The van der Waals surface area contributed by atoms with E-state index in [1.807, 2.05) is 13.8 Å². The fourth-order valence-electron chi connectivity index (χ4n) is 3.59. The van der Waals surface area contributed by atoms with Gasteiger partial charge in [0.05, 0.1) is 12.3 Å². The lowest BCUT2D eigenvalue weighted by atomic mass is 10.1. The number of ether oxygens (including phenoxy) is 1. The second kappa shape index (κ2) is 8.91. The Morgan fingerprint density at radius 1 is 1.24 bits per heavy atom. The van der Waals surface area contributed by atoms with Crippen molar-refractivity contribution in [2.75, 3.05) is 0 Å². The van der Waals surface area contributed by atoms with Gasteiger partial charge in [-0.05, 0) is 44.2 Å². The number of nitrogens with zero attached hydrogens (tertiary/aromatic N) is 4. The van der Waals surface area contributed by atoms with Crippen LogP contribution in [0, 0.1) is 0 Å². The smallest absolute Gasteiger partial charge is 0.260 e. The van der Waals surface area contributed by atoms with Gasteiger partial charge in [-0.15, -0.1) is 5.10 Å². The van der Waals surface area contributed by atoms with Crippen molar-refractivity contribution in [3.05, 3.63) is 47.4 Å². The summed E-state index contributed by atoms with van der Waals surface area (Å²) in [6.07, 6.45) is 7.57. The number of aryl methyl sites for hydroxylation is 1. The molecule has 0 unspecified atom stereocenters. The van der Waals surface area contributed by atoms with Gasteiger partial charge in [-0.2, -0.15) is 5.10 Å². The quantitative estimate of drug-likeness (QED) is 0.558. The van der Waals surface area contributed by atoms with Gasteiger partial charge in [0.25, 0.3) is 5.88 Å². The van der Waals surface area contributed by atoms with E-state index in [1.165, 1.54) is 24.0 Å². The van der Waals surface area contributed by atoms with Crippen LogP contribution >= 0.6 is 0 Å². The highest BCUT2D eigenvalue weighted by Gasteiger charge is 2.20. The minimum absolute atomic E-state index is 0.0363. The van der Waals surface area contributed by atoms with Crippen molar-refractivity contribution >= 4 is 11.0 Å². The van der Waals surface area contributed by atoms with Gasteiger partial charge in [0.2, 0.25) is 0 Å². The zero-order chi connectivity index (χ0) is 20.2. The van der Waals surface area contributed by atoms with E-state index in [4.69, 9.17) is 9.72 Å². The Bertz CT molecular complexity index is 961. The third-order valence-corrected chi connectivity index (χ3v) is 5.21. The third kappa shape index (κ3) is 4.93. The van der Waals surface area contributed by atoms with Crippen molar-refractivity contribution < 1.29 is 4.74 Å². The van der Waals surface area contributed by atoms with E-state index < -0.39 is 0 Å². The van der Waals surface area contributed by atoms with Crippen LogP contribution in [-0.4, -0.2) is 31.9 Å². The van der Waals surface area contributed by atoms with Crippen LogP contribution in [0.4, 0.5) is 0 Å². The number of hydrogen-bond donors (Lipinski definition) is 1. The molecule has 2 aromatic heterocycles. The number of hydrogen-bond acceptors (Lipinski definition) is 5. The lowest BCUT2D eigenvalue weighted by molar-refractivity contribution is 0.232. The number of fused-ring (bicyclic) bond motifs is 1. The lowest BCUT2D eigenvalue weighted by Gasteiger charge is -2.14. The molecule has 0 atom stereocenters. The SMILES string of the molecule is CCCCc1nc2cnnc(OC(C)C)c2n1Cc1cccc(CNC2CC2)c1. The van der Waals surface area contributed by atoms with Gasteiger partial charge in [-0.1, -0.05) is 37.6 Å². The van der Waals surface area contributed by atoms with Crippen molar-refractivity contribution in [1.29, 1.82) is 0 Å². The number of rotatable bonds is 10. The first-order valence-corrected chi connectivity index (χ1v) is 10.8. The predicted molar refractivity (Wildman–Crippen MR) is 115 cm³/mol. The van der Waals surface area contributed by atoms with Gasteiger partial charge < -0.3 is 14.6 Å². The van der Waals surface area contributed by atoms with Crippen molar-refractivity contribution in [3.8, 4) is 5.88 Å².